The standard InChI is InChI=1S/C22H24N4O3/c1-3-29-19-11-9-17(10-12-19)21(27)23-13-14-26(18-7-5-4-6-8-18)22(28)20-16(2)15-24-25-20/h4-12,15H,3,13-14H2,1-2H3,(H,23,27)(H,24,25). The summed E-state index contributed by atoms with van der Waals surface area (Å²) < 4.78 is 5.39. The summed E-state index contributed by atoms with van der Waals surface area (Å²) in [7, 11) is 0. The van der Waals surface area contributed by atoms with Gasteiger partial charge in [0.1, 0.15) is 11.4 Å². The van der Waals surface area contributed by atoms with Gasteiger partial charge in [0.15, 0.2) is 0 Å². The highest BCUT2D eigenvalue weighted by Gasteiger charge is 2.21. The maximum Gasteiger partial charge on any atom is 0.276 e. The number of ether oxygens (including phenoxy) is 1. The van der Waals surface area contributed by atoms with Gasteiger partial charge in [0.2, 0.25) is 0 Å². The van der Waals surface area contributed by atoms with E-state index in [0.717, 1.165) is 17.0 Å². The van der Waals surface area contributed by atoms with Gasteiger partial charge in [0, 0.05) is 24.3 Å². The van der Waals surface area contributed by atoms with Gasteiger partial charge in [-0.05, 0) is 55.8 Å². The van der Waals surface area contributed by atoms with Crippen molar-refractivity contribution in [1.82, 2.24) is 15.5 Å². The van der Waals surface area contributed by atoms with E-state index >= 15 is 0 Å². The zero-order valence-corrected chi connectivity index (χ0v) is 16.5. The van der Waals surface area contributed by atoms with E-state index in [1.807, 2.05) is 44.2 Å². The normalized spacial score (nSPS) is 10.4. The maximum atomic E-state index is 13.0. The fourth-order valence-electron chi connectivity index (χ4n) is 2.91. The molecule has 2 aromatic carbocycles. The molecule has 0 saturated heterocycles. The van der Waals surface area contributed by atoms with Gasteiger partial charge in [0.05, 0.1) is 12.8 Å². The van der Waals surface area contributed by atoms with Crippen LogP contribution in [0.4, 0.5) is 5.69 Å². The van der Waals surface area contributed by atoms with Crippen LogP contribution >= 0.6 is 0 Å². The zero-order valence-electron chi connectivity index (χ0n) is 16.5. The largest absolute Gasteiger partial charge is 0.494 e. The average molecular weight is 392 g/mol. The fourth-order valence-corrected chi connectivity index (χ4v) is 2.91. The highest BCUT2D eigenvalue weighted by Crippen LogP contribution is 2.17. The van der Waals surface area contributed by atoms with Crippen molar-refractivity contribution in [3.8, 4) is 5.75 Å². The molecule has 150 valence electrons. The topological polar surface area (TPSA) is 87.3 Å². The molecule has 0 spiro atoms. The predicted octanol–water partition coefficient (Wildman–Crippen LogP) is 3.19. The number of benzene rings is 2. The molecule has 0 atom stereocenters. The minimum atomic E-state index is -0.203. The molecule has 3 aromatic rings. The number of aromatic amines is 1. The van der Waals surface area contributed by atoms with E-state index in [4.69, 9.17) is 4.74 Å². The Morgan fingerprint density at radius 3 is 2.45 bits per heavy atom. The first-order valence-corrected chi connectivity index (χ1v) is 9.48. The van der Waals surface area contributed by atoms with E-state index in [-0.39, 0.29) is 11.8 Å². The molecular formula is C22H24N4O3. The third-order valence-corrected chi connectivity index (χ3v) is 4.40. The van der Waals surface area contributed by atoms with Crippen LogP contribution in [0.5, 0.6) is 5.75 Å². The second-order valence-corrected chi connectivity index (χ2v) is 6.43. The smallest absolute Gasteiger partial charge is 0.276 e. The molecule has 0 fully saturated rings. The summed E-state index contributed by atoms with van der Waals surface area (Å²) >= 11 is 0. The Kier molecular flexibility index (Phi) is 6.63. The highest BCUT2D eigenvalue weighted by molar-refractivity contribution is 6.05. The molecule has 0 saturated carbocycles. The summed E-state index contributed by atoms with van der Waals surface area (Å²) in [4.78, 5) is 27.0. The number of amides is 2. The number of nitrogens with zero attached hydrogens (tertiary/aromatic N) is 2. The Morgan fingerprint density at radius 1 is 1.10 bits per heavy atom. The van der Waals surface area contributed by atoms with Gasteiger partial charge in [0.25, 0.3) is 11.8 Å². The van der Waals surface area contributed by atoms with E-state index < -0.39 is 0 Å². The van der Waals surface area contributed by atoms with Crippen LogP contribution < -0.4 is 15.0 Å². The second-order valence-electron chi connectivity index (χ2n) is 6.43. The molecule has 2 amide bonds. The van der Waals surface area contributed by atoms with Crippen molar-refractivity contribution < 1.29 is 14.3 Å². The Balaban J connectivity index is 1.66. The highest BCUT2D eigenvalue weighted by atomic mass is 16.5. The van der Waals surface area contributed by atoms with Crippen LogP contribution in [0, 0.1) is 6.92 Å². The van der Waals surface area contributed by atoms with Gasteiger partial charge in [-0.25, -0.2) is 0 Å². The number of carbonyl (C=O) groups excluding carboxylic acids is 2. The SMILES string of the molecule is CCOc1ccc(C(=O)NCCN(C(=O)c2[nH]ncc2C)c2ccccc2)cc1. The first kappa shape index (κ1) is 20.1. The number of nitrogens with one attached hydrogen (secondary N) is 2. The molecule has 0 aliphatic carbocycles. The maximum absolute atomic E-state index is 13.0. The van der Waals surface area contributed by atoms with Gasteiger partial charge >= 0.3 is 0 Å². The second kappa shape index (κ2) is 9.54. The van der Waals surface area contributed by atoms with Crippen LogP contribution in [0.2, 0.25) is 0 Å². The molecule has 0 aliphatic rings. The molecule has 3 rings (SSSR count). The van der Waals surface area contributed by atoms with Crippen molar-refractivity contribution >= 4 is 17.5 Å². The van der Waals surface area contributed by atoms with Gasteiger partial charge in [-0.2, -0.15) is 5.10 Å². The number of para-hydroxylation sites is 1. The van der Waals surface area contributed by atoms with Crippen LogP contribution in [0.1, 0.15) is 33.3 Å². The molecule has 0 unspecified atom stereocenters. The lowest BCUT2D eigenvalue weighted by Crippen LogP contribution is -2.39. The molecule has 0 radical (unpaired) electrons. The zero-order chi connectivity index (χ0) is 20.6. The van der Waals surface area contributed by atoms with Crippen LogP contribution in [0.3, 0.4) is 0 Å². The van der Waals surface area contributed by atoms with Crippen LogP contribution in [-0.2, 0) is 0 Å². The minimum absolute atomic E-state index is 0.193. The molecule has 0 aliphatic heterocycles. The molecule has 7 nitrogen and oxygen atoms in total. The molecule has 29 heavy (non-hydrogen) atoms. The van der Waals surface area contributed by atoms with E-state index in [1.54, 1.807) is 35.4 Å². The number of rotatable bonds is 8. The van der Waals surface area contributed by atoms with Crippen LogP contribution in [0.15, 0.2) is 60.8 Å². The average Bonchev–Trinajstić information content (AvgIpc) is 3.18. The van der Waals surface area contributed by atoms with Crippen molar-refractivity contribution in [3.05, 3.63) is 77.6 Å². The number of aromatic nitrogens is 2. The first-order valence-electron chi connectivity index (χ1n) is 9.48. The van der Waals surface area contributed by atoms with E-state index in [0.29, 0.717) is 31.0 Å². The van der Waals surface area contributed by atoms with Crippen molar-refractivity contribution in [3.63, 3.8) is 0 Å². The lowest BCUT2D eigenvalue weighted by atomic mass is 10.2. The lowest BCUT2D eigenvalue weighted by Gasteiger charge is -2.23. The van der Waals surface area contributed by atoms with Crippen molar-refractivity contribution in [2.45, 2.75) is 13.8 Å². The van der Waals surface area contributed by atoms with Crippen LogP contribution in [-0.4, -0.2) is 41.7 Å². The number of anilines is 1. The summed E-state index contributed by atoms with van der Waals surface area (Å²) in [6.45, 7) is 4.94. The van der Waals surface area contributed by atoms with Crippen molar-refractivity contribution in [2.24, 2.45) is 0 Å². The number of hydrogen-bond donors (Lipinski definition) is 2. The molecule has 2 N–H and O–H groups in total. The number of aryl methyl sites for hydroxylation is 1. The lowest BCUT2D eigenvalue weighted by molar-refractivity contribution is 0.0942. The first-order chi connectivity index (χ1) is 14.1. The summed E-state index contributed by atoms with van der Waals surface area (Å²) in [5.41, 5.74) is 2.50. The molecule has 1 aromatic heterocycles. The van der Waals surface area contributed by atoms with E-state index in [9.17, 15) is 9.59 Å². The summed E-state index contributed by atoms with van der Waals surface area (Å²) in [6.07, 6.45) is 1.62. The molecular weight excluding hydrogens is 368 g/mol. The predicted molar refractivity (Wildman–Crippen MR) is 111 cm³/mol. The number of carbonyl (C=O) groups is 2. The van der Waals surface area contributed by atoms with Crippen molar-refractivity contribution in [1.29, 1.82) is 0 Å². The quantitative estimate of drug-likeness (QED) is 0.616. The molecule has 7 heteroatoms. The summed E-state index contributed by atoms with van der Waals surface area (Å²) in [5, 5.41) is 9.56. The minimum Gasteiger partial charge on any atom is -0.494 e. The summed E-state index contributed by atoms with van der Waals surface area (Å²) in [6, 6.07) is 16.3. The molecule has 0 bridgehead atoms. The molecule has 1 heterocycles. The third-order valence-electron chi connectivity index (χ3n) is 4.40. The summed E-state index contributed by atoms with van der Waals surface area (Å²) in [5.74, 6) is 0.326. The van der Waals surface area contributed by atoms with Gasteiger partial charge in [-0.15, -0.1) is 0 Å². The van der Waals surface area contributed by atoms with Gasteiger partial charge in [-0.3, -0.25) is 14.7 Å². The number of hydrogen-bond acceptors (Lipinski definition) is 4. The van der Waals surface area contributed by atoms with Gasteiger partial charge in [-0.1, -0.05) is 18.2 Å². The fraction of sp³-hybridized carbons (Fsp3) is 0.227. The Bertz CT molecular complexity index is 952. The Morgan fingerprint density at radius 2 is 1.83 bits per heavy atom. The Hall–Kier alpha value is -3.61. The van der Waals surface area contributed by atoms with Crippen LogP contribution in [0.25, 0.3) is 0 Å². The number of H-pyrrole nitrogens is 1. The van der Waals surface area contributed by atoms with Gasteiger partial charge < -0.3 is 15.0 Å². The van der Waals surface area contributed by atoms with Crippen molar-refractivity contribution in [2.75, 3.05) is 24.6 Å². The Labute approximate surface area is 169 Å². The van der Waals surface area contributed by atoms with E-state index in [2.05, 4.69) is 15.5 Å². The van der Waals surface area contributed by atoms with E-state index in [1.165, 1.54) is 0 Å². The monoisotopic (exact) mass is 392 g/mol. The third kappa shape index (κ3) is 5.01.